The fraction of sp³-hybridized carbons (Fsp3) is 0.462. The number of nitrogens with zero attached hydrogens (tertiary/aromatic N) is 1. The van der Waals surface area contributed by atoms with Gasteiger partial charge in [-0.3, -0.25) is 0 Å². The summed E-state index contributed by atoms with van der Waals surface area (Å²) in [6.07, 6.45) is 0.853. The predicted molar refractivity (Wildman–Crippen MR) is 65.4 cm³/mol. The Morgan fingerprint density at radius 1 is 1.53 bits per heavy atom. The molecule has 0 spiro atoms. The molecular formula is C13H17NO3. The number of rotatable bonds is 4. The van der Waals surface area contributed by atoms with E-state index in [-0.39, 0.29) is 12.0 Å². The van der Waals surface area contributed by atoms with E-state index in [1.807, 2.05) is 36.1 Å². The van der Waals surface area contributed by atoms with Crippen molar-refractivity contribution in [3.05, 3.63) is 24.3 Å². The zero-order valence-corrected chi connectivity index (χ0v) is 10.2. The molecule has 4 heteroatoms. The lowest BCUT2D eigenvalue weighted by atomic mass is 10.0. The molecule has 1 aliphatic heterocycles. The number of anilines is 1. The van der Waals surface area contributed by atoms with Gasteiger partial charge in [0.15, 0.2) is 0 Å². The van der Waals surface area contributed by atoms with Crippen LogP contribution in [0.15, 0.2) is 24.3 Å². The normalized spacial score (nSPS) is 18.5. The van der Waals surface area contributed by atoms with Crippen molar-refractivity contribution in [2.24, 2.45) is 0 Å². The van der Waals surface area contributed by atoms with Gasteiger partial charge in [-0.15, -0.1) is 0 Å². The highest BCUT2D eigenvalue weighted by molar-refractivity contribution is 5.82. The van der Waals surface area contributed by atoms with Gasteiger partial charge >= 0.3 is 5.97 Å². The van der Waals surface area contributed by atoms with Crippen LogP contribution in [0, 0.1) is 0 Å². The SMILES string of the molecule is CCOc1cccc(N2CCC2C(=O)OC)c1. The van der Waals surface area contributed by atoms with Crippen molar-refractivity contribution in [1.82, 2.24) is 0 Å². The predicted octanol–water partition coefficient (Wildman–Crippen LogP) is 1.84. The van der Waals surface area contributed by atoms with E-state index < -0.39 is 0 Å². The molecule has 1 atom stereocenters. The van der Waals surface area contributed by atoms with Crippen molar-refractivity contribution in [2.75, 3.05) is 25.2 Å². The summed E-state index contributed by atoms with van der Waals surface area (Å²) in [6, 6.07) is 7.65. The van der Waals surface area contributed by atoms with Crippen molar-refractivity contribution in [3.63, 3.8) is 0 Å². The Balaban J connectivity index is 2.12. The van der Waals surface area contributed by atoms with Gasteiger partial charge in [0.25, 0.3) is 0 Å². The highest BCUT2D eigenvalue weighted by atomic mass is 16.5. The first-order chi connectivity index (χ1) is 8.26. The number of ether oxygens (including phenoxy) is 2. The van der Waals surface area contributed by atoms with Gasteiger partial charge in [0.05, 0.1) is 13.7 Å². The Kier molecular flexibility index (Phi) is 3.52. The van der Waals surface area contributed by atoms with Gasteiger partial charge in [0, 0.05) is 18.3 Å². The molecular weight excluding hydrogens is 218 g/mol. The van der Waals surface area contributed by atoms with Gasteiger partial charge in [-0.05, 0) is 25.5 Å². The Morgan fingerprint density at radius 3 is 2.94 bits per heavy atom. The highest BCUT2D eigenvalue weighted by Gasteiger charge is 2.35. The second-order valence-electron chi connectivity index (χ2n) is 3.95. The number of methoxy groups -OCH3 is 1. The number of carbonyl (C=O) groups is 1. The van der Waals surface area contributed by atoms with E-state index in [0.29, 0.717) is 6.61 Å². The summed E-state index contributed by atoms with van der Waals surface area (Å²) < 4.78 is 10.2. The average Bonchev–Trinajstić information content (AvgIpc) is 2.28. The monoisotopic (exact) mass is 235 g/mol. The molecule has 0 aliphatic carbocycles. The number of carbonyl (C=O) groups excluding carboxylic acids is 1. The van der Waals surface area contributed by atoms with Crippen LogP contribution < -0.4 is 9.64 Å². The fourth-order valence-corrected chi connectivity index (χ4v) is 2.00. The van der Waals surface area contributed by atoms with Gasteiger partial charge < -0.3 is 14.4 Å². The molecule has 17 heavy (non-hydrogen) atoms. The average molecular weight is 235 g/mol. The first-order valence-electron chi connectivity index (χ1n) is 5.83. The number of hydrogen-bond donors (Lipinski definition) is 0. The second kappa shape index (κ2) is 5.08. The van der Waals surface area contributed by atoms with Crippen LogP contribution in [0.4, 0.5) is 5.69 Å². The minimum Gasteiger partial charge on any atom is -0.494 e. The summed E-state index contributed by atoms with van der Waals surface area (Å²) in [5.74, 6) is 0.665. The molecule has 1 heterocycles. The summed E-state index contributed by atoms with van der Waals surface area (Å²) in [6.45, 7) is 3.48. The van der Waals surface area contributed by atoms with Gasteiger partial charge in [0.2, 0.25) is 0 Å². The van der Waals surface area contributed by atoms with E-state index in [2.05, 4.69) is 0 Å². The van der Waals surface area contributed by atoms with Gasteiger partial charge in [0.1, 0.15) is 11.8 Å². The lowest BCUT2D eigenvalue weighted by Crippen LogP contribution is -2.53. The van der Waals surface area contributed by atoms with Crippen LogP contribution in [0.1, 0.15) is 13.3 Å². The van der Waals surface area contributed by atoms with E-state index >= 15 is 0 Å². The van der Waals surface area contributed by atoms with Crippen molar-refractivity contribution in [1.29, 1.82) is 0 Å². The summed E-state index contributed by atoms with van der Waals surface area (Å²) in [5.41, 5.74) is 1.01. The molecule has 0 saturated carbocycles. The minimum absolute atomic E-state index is 0.142. The summed E-state index contributed by atoms with van der Waals surface area (Å²) in [5, 5.41) is 0. The summed E-state index contributed by atoms with van der Waals surface area (Å²) >= 11 is 0. The maximum atomic E-state index is 11.5. The van der Waals surface area contributed by atoms with E-state index in [1.54, 1.807) is 0 Å². The molecule has 1 unspecified atom stereocenters. The van der Waals surface area contributed by atoms with E-state index in [0.717, 1.165) is 24.4 Å². The first kappa shape index (κ1) is 11.8. The molecule has 4 nitrogen and oxygen atoms in total. The van der Waals surface area contributed by atoms with Gasteiger partial charge in [-0.1, -0.05) is 6.07 Å². The molecule has 2 rings (SSSR count). The third kappa shape index (κ3) is 2.35. The second-order valence-corrected chi connectivity index (χ2v) is 3.95. The van der Waals surface area contributed by atoms with Crippen LogP contribution in [0.25, 0.3) is 0 Å². The van der Waals surface area contributed by atoms with E-state index in [4.69, 9.17) is 9.47 Å². The van der Waals surface area contributed by atoms with Crippen LogP contribution in [0.2, 0.25) is 0 Å². The quantitative estimate of drug-likeness (QED) is 0.746. The topological polar surface area (TPSA) is 38.8 Å². The largest absolute Gasteiger partial charge is 0.494 e. The summed E-state index contributed by atoms with van der Waals surface area (Å²) in [4.78, 5) is 13.5. The van der Waals surface area contributed by atoms with Crippen LogP contribution >= 0.6 is 0 Å². The molecule has 1 fully saturated rings. The van der Waals surface area contributed by atoms with Crippen molar-refractivity contribution >= 4 is 11.7 Å². The Labute approximate surface area is 101 Å². The lowest BCUT2D eigenvalue weighted by Gasteiger charge is -2.40. The van der Waals surface area contributed by atoms with Crippen LogP contribution in [-0.2, 0) is 9.53 Å². The highest BCUT2D eigenvalue weighted by Crippen LogP contribution is 2.29. The smallest absolute Gasteiger partial charge is 0.328 e. The number of hydrogen-bond acceptors (Lipinski definition) is 4. The van der Waals surface area contributed by atoms with E-state index in [1.165, 1.54) is 7.11 Å². The zero-order chi connectivity index (χ0) is 12.3. The third-order valence-electron chi connectivity index (χ3n) is 2.95. The Hall–Kier alpha value is -1.71. The van der Waals surface area contributed by atoms with Gasteiger partial charge in [-0.2, -0.15) is 0 Å². The molecule has 92 valence electrons. The first-order valence-corrected chi connectivity index (χ1v) is 5.83. The fourth-order valence-electron chi connectivity index (χ4n) is 2.00. The zero-order valence-electron chi connectivity index (χ0n) is 10.2. The summed E-state index contributed by atoms with van der Waals surface area (Å²) in [7, 11) is 1.43. The maximum absolute atomic E-state index is 11.5. The Morgan fingerprint density at radius 2 is 2.35 bits per heavy atom. The van der Waals surface area contributed by atoms with Gasteiger partial charge in [-0.25, -0.2) is 4.79 Å². The van der Waals surface area contributed by atoms with Crippen LogP contribution in [0.3, 0.4) is 0 Å². The van der Waals surface area contributed by atoms with Crippen molar-refractivity contribution < 1.29 is 14.3 Å². The van der Waals surface area contributed by atoms with Crippen molar-refractivity contribution in [3.8, 4) is 5.75 Å². The maximum Gasteiger partial charge on any atom is 0.328 e. The molecule has 0 radical (unpaired) electrons. The standard InChI is InChI=1S/C13H17NO3/c1-3-17-11-6-4-5-10(9-11)14-8-7-12(14)13(15)16-2/h4-6,9,12H,3,7-8H2,1-2H3. The molecule has 1 aromatic carbocycles. The number of esters is 1. The van der Waals surface area contributed by atoms with Crippen LogP contribution in [0.5, 0.6) is 5.75 Å². The number of benzene rings is 1. The molecule has 1 aliphatic rings. The molecule has 0 bridgehead atoms. The lowest BCUT2D eigenvalue weighted by molar-refractivity contribution is -0.143. The third-order valence-corrected chi connectivity index (χ3v) is 2.95. The van der Waals surface area contributed by atoms with E-state index in [9.17, 15) is 4.79 Å². The minimum atomic E-state index is -0.168. The van der Waals surface area contributed by atoms with Crippen molar-refractivity contribution in [2.45, 2.75) is 19.4 Å². The molecule has 0 N–H and O–H groups in total. The molecule has 0 amide bonds. The molecule has 1 aromatic rings. The Bertz CT molecular complexity index is 405. The van der Waals surface area contributed by atoms with Crippen LogP contribution in [-0.4, -0.2) is 32.3 Å². The molecule has 1 saturated heterocycles. The molecule has 0 aromatic heterocycles.